The van der Waals surface area contributed by atoms with E-state index in [-0.39, 0.29) is 0 Å². The van der Waals surface area contributed by atoms with Crippen molar-refractivity contribution < 1.29 is 0 Å². The van der Waals surface area contributed by atoms with E-state index in [2.05, 4.69) is 49.4 Å². The van der Waals surface area contributed by atoms with Gasteiger partial charge >= 0.3 is 0 Å². The Morgan fingerprint density at radius 2 is 1.59 bits per heavy atom. The monoisotopic (exact) mass is 239 g/mol. The molecule has 0 aromatic carbocycles. The fourth-order valence-corrected chi connectivity index (χ4v) is 3.39. The van der Waals surface area contributed by atoms with Crippen LogP contribution in [0, 0.1) is 0 Å². The molecule has 0 aliphatic carbocycles. The Bertz CT molecular complexity index is 251. The van der Waals surface area contributed by atoms with Crippen LogP contribution >= 0.6 is 0 Å². The summed E-state index contributed by atoms with van der Waals surface area (Å²) < 4.78 is 0. The van der Waals surface area contributed by atoms with Crippen molar-refractivity contribution in [3.63, 3.8) is 0 Å². The van der Waals surface area contributed by atoms with Crippen molar-refractivity contribution in [2.24, 2.45) is 0 Å². The first-order valence-corrected chi connectivity index (χ1v) is 7.07. The van der Waals surface area contributed by atoms with Crippen LogP contribution in [0.1, 0.15) is 34.1 Å². The normalized spacial score (nSPS) is 34.4. The summed E-state index contributed by atoms with van der Waals surface area (Å²) in [7, 11) is 2.23. The van der Waals surface area contributed by atoms with Crippen molar-refractivity contribution in [2.75, 3.05) is 39.8 Å². The molecule has 3 nitrogen and oxygen atoms in total. The Morgan fingerprint density at radius 1 is 1.00 bits per heavy atom. The lowest BCUT2D eigenvalue weighted by Gasteiger charge is -2.38. The summed E-state index contributed by atoms with van der Waals surface area (Å²) in [4.78, 5) is 7.83. The fraction of sp³-hybridized carbons (Fsp3) is 1.00. The molecule has 0 N–H and O–H groups in total. The molecule has 0 aromatic rings. The quantitative estimate of drug-likeness (QED) is 0.686. The number of likely N-dealkylation sites (tertiary alicyclic amines) is 1. The van der Waals surface area contributed by atoms with E-state index < -0.39 is 0 Å². The van der Waals surface area contributed by atoms with Gasteiger partial charge in [-0.05, 0) is 41.2 Å². The molecule has 2 rings (SSSR count). The molecule has 2 atom stereocenters. The Kier molecular flexibility index (Phi) is 3.81. The Morgan fingerprint density at radius 3 is 2.06 bits per heavy atom. The lowest BCUT2D eigenvalue weighted by Crippen LogP contribution is -2.50. The molecule has 2 fully saturated rings. The van der Waals surface area contributed by atoms with Crippen molar-refractivity contribution in [2.45, 2.75) is 51.7 Å². The molecular weight excluding hydrogens is 210 g/mol. The van der Waals surface area contributed by atoms with Crippen LogP contribution in [0.4, 0.5) is 0 Å². The third-order valence-corrected chi connectivity index (χ3v) is 4.47. The van der Waals surface area contributed by atoms with E-state index in [0.29, 0.717) is 5.54 Å². The largest absolute Gasteiger partial charge is 0.304 e. The molecule has 0 amide bonds. The number of rotatable bonds is 1. The van der Waals surface area contributed by atoms with Gasteiger partial charge in [0.25, 0.3) is 0 Å². The van der Waals surface area contributed by atoms with E-state index in [1.165, 1.54) is 39.1 Å². The maximum atomic E-state index is 2.71. The van der Waals surface area contributed by atoms with E-state index in [1.54, 1.807) is 0 Å². The first kappa shape index (κ1) is 13.3. The van der Waals surface area contributed by atoms with Gasteiger partial charge in [0.2, 0.25) is 0 Å². The summed E-state index contributed by atoms with van der Waals surface area (Å²) in [5.41, 5.74) is 0.320. The Hall–Kier alpha value is -0.120. The van der Waals surface area contributed by atoms with Gasteiger partial charge in [-0.1, -0.05) is 0 Å². The molecule has 100 valence electrons. The molecule has 0 spiro atoms. The van der Waals surface area contributed by atoms with Crippen LogP contribution < -0.4 is 0 Å². The second-order valence-electron chi connectivity index (χ2n) is 6.90. The maximum absolute atomic E-state index is 2.71. The highest BCUT2D eigenvalue weighted by atomic mass is 15.3. The average Bonchev–Trinajstić information content (AvgIpc) is 2.61. The highest BCUT2D eigenvalue weighted by Crippen LogP contribution is 2.29. The highest BCUT2D eigenvalue weighted by Gasteiger charge is 2.38. The number of hydrogen-bond donors (Lipinski definition) is 0. The van der Waals surface area contributed by atoms with E-state index >= 15 is 0 Å². The number of likely N-dealkylation sites (N-methyl/N-ethyl adjacent to an activating group) is 1. The van der Waals surface area contributed by atoms with Crippen LogP contribution in [0.25, 0.3) is 0 Å². The zero-order valence-corrected chi connectivity index (χ0v) is 12.2. The molecule has 2 heterocycles. The number of piperazine rings is 1. The molecule has 0 saturated carbocycles. The molecule has 17 heavy (non-hydrogen) atoms. The van der Waals surface area contributed by atoms with Gasteiger partial charge in [0, 0.05) is 50.3 Å². The first-order chi connectivity index (χ1) is 7.88. The van der Waals surface area contributed by atoms with E-state index in [1.807, 2.05) is 0 Å². The Labute approximate surface area is 107 Å². The topological polar surface area (TPSA) is 9.72 Å². The Balaban J connectivity index is 1.92. The predicted molar refractivity (Wildman–Crippen MR) is 73.4 cm³/mol. The van der Waals surface area contributed by atoms with Gasteiger partial charge in [0.15, 0.2) is 0 Å². The molecular formula is C14H29N3. The minimum atomic E-state index is 0.320. The van der Waals surface area contributed by atoms with Crippen molar-refractivity contribution in [3.8, 4) is 0 Å². The van der Waals surface area contributed by atoms with Gasteiger partial charge in [-0.3, -0.25) is 9.80 Å². The fourth-order valence-electron chi connectivity index (χ4n) is 3.39. The summed E-state index contributed by atoms with van der Waals surface area (Å²) in [6.07, 6.45) is 1.35. The highest BCUT2D eigenvalue weighted by molar-refractivity contribution is 4.95. The van der Waals surface area contributed by atoms with Crippen LogP contribution in [-0.4, -0.2) is 72.1 Å². The van der Waals surface area contributed by atoms with E-state index in [9.17, 15) is 0 Å². The van der Waals surface area contributed by atoms with Crippen LogP contribution in [0.3, 0.4) is 0 Å². The molecule has 2 aliphatic heterocycles. The molecule has 0 bridgehead atoms. The second kappa shape index (κ2) is 4.87. The number of nitrogens with zero attached hydrogens (tertiary/aromatic N) is 3. The summed E-state index contributed by atoms with van der Waals surface area (Å²) >= 11 is 0. The van der Waals surface area contributed by atoms with Crippen molar-refractivity contribution >= 4 is 0 Å². The summed E-state index contributed by atoms with van der Waals surface area (Å²) in [5.74, 6) is 0. The smallest absolute Gasteiger partial charge is 0.0239 e. The molecule has 2 aliphatic rings. The first-order valence-electron chi connectivity index (χ1n) is 7.07. The summed E-state index contributed by atoms with van der Waals surface area (Å²) in [5, 5.41) is 0. The standard InChI is InChI=1S/C14H29N3/c1-12-10-13(11-17(12)14(2,3)4)16-8-6-15(5)7-9-16/h12-13H,6-11H2,1-5H3/t12-,13+/m0/s1. The van der Waals surface area contributed by atoms with Crippen molar-refractivity contribution in [3.05, 3.63) is 0 Å². The molecule has 0 unspecified atom stereocenters. The zero-order chi connectivity index (χ0) is 12.6. The lowest BCUT2D eigenvalue weighted by atomic mass is 10.1. The SMILES string of the molecule is C[C@H]1C[C@@H](N2CCN(C)CC2)CN1C(C)(C)C. The summed E-state index contributed by atoms with van der Waals surface area (Å²) in [6.45, 7) is 15.7. The van der Waals surface area contributed by atoms with Gasteiger partial charge < -0.3 is 4.90 Å². The zero-order valence-electron chi connectivity index (χ0n) is 12.2. The predicted octanol–water partition coefficient (Wildman–Crippen LogP) is 1.50. The minimum Gasteiger partial charge on any atom is -0.304 e. The third kappa shape index (κ3) is 3.01. The third-order valence-electron chi connectivity index (χ3n) is 4.47. The second-order valence-corrected chi connectivity index (χ2v) is 6.90. The van der Waals surface area contributed by atoms with Crippen molar-refractivity contribution in [1.82, 2.24) is 14.7 Å². The van der Waals surface area contributed by atoms with Gasteiger partial charge in [-0.2, -0.15) is 0 Å². The molecule has 0 aromatic heterocycles. The van der Waals surface area contributed by atoms with Crippen LogP contribution in [0.2, 0.25) is 0 Å². The van der Waals surface area contributed by atoms with Gasteiger partial charge in [0.1, 0.15) is 0 Å². The molecule has 2 saturated heterocycles. The van der Waals surface area contributed by atoms with Crippen molar-refractivity contribution in [1.29, 1.82) is 0 Å². The molecule has 0 radical (unpaired) electrons. The van der Waals surface area contributed by atoms with Crippen LogP contribution in [-0.2, 0) is 0 Å². The van der Waals surface area contributed by atoms with Gasteiger partial charge in [-0.15, -0.1) is 0 Å². The van der Waals surface area contributed by atoms with Gasteiger partial charge in [-0.25, -0.2) is 0 Å². The molecule has 3 heteroatoms. The van der Waals surface area contributed by atoms with E-state index in [4.69, 9.17) is 0 Å². The minimum absolute atomic E-state index is 0.320. The van der Waals surface area contributed by atoms with Gasteiger partial charge in [0.05, 0.1) is 0 Å². The number of hydrogen-bond acceptors (Lipinski definition) is 3. The summed E-state index contributed by atoms with van der Waals surface area (Å²) in [6, 6.07) is 1.53. The average molecular weight is 239 g/mol. The maximum Gasteiger partial charge on any atom is 0.0239 e. The van der Waals surface area contributed by atoms with Crippen LogP contribution in [0.15, 0.2) is 0 Å². The lowest BCUT2D eigenvalue weighted by molar-refractivity contribution is 0.0943. The van der Waals surface area contributed by atoms with E-state index in [0.717, 1.165) is 12.1 Å². The van der Waals surface area contributed by atoms with Crippen LogP contribution in [0.5, 0.6) is 0 Å².